The summed E-state index contributed by atoms with van der Waals surface area (Å²) in [5, 5.41) is 3.08. The summed E-state index contributed by atoms with van der Waals surface area (Å²) in [5.41, 5.74) is 1.88. The van der Waals surface area contributed by atoms with Gasteiger partial charge in [-0.3, -0.25) is 9.59 Å². The third-order valence-corrected chi connectivity index (χ3v) is 7.22. The number of ether oxygens (including phenoxy) is 1. The van der Waals surface area contributed by atoms with Gasteiger partial charge in [-0.15, -0.1) is 11.3 Å². The van der Waals surface area contributed by atoms with Crippen molar-refractivity contribution >= 4 is 46.4 Å². The van der Waals surface area contributed by atoms with Crippen molar-refractivity contribution in [3.8, 4) is 0 Å². The lowest BCUT2D eigenvalue weighted by atomic mass is 9.93. The molecule has 0 radical (unpaired) electrons. The summed E-state index contributed by atoms with van der Waals surface area (Å²) in [6, 6.07) is 10.3. The first-order valence-electron chi connectivity index (χ1n) is 10.6. The normalized spacial score (nSPS) is 15.4. The maximum absolute atomic E-state index is 13.6. The first kappa shape index (κ1) is 23.8. The first-order chi connectivity index (χ1) is 16.0. The second kappa shape index (κ2) is 10.7. The molecular formula is C24H24Cl2N2O4S. The van der Waals surface area contributed by atoms with Crippen LogP contribution in [0.4, 0.5) is 0 Å². The molecule has 0 fully saturated rings. The van der Waals surface area contributed by atoms with E-state index in [0.29, 0.717) is 36.2 Å². The van der Waals surface area contributed by atoms with Crippen LogP contribution in [0, 0.1) is 0 Å². The average Bonchev–Trinajstić information content (AvgIpc) is 3.50. The van der Waals surface area contributed by atoms with Crippen LogP contribution >= 0.6 is 34.5 Å². The van der Waals surface area contributed by atoms with Crippen molar-refractivity contribution in [2.24, 2.45) is 0 Å². The molecular weight excluding hydrogens is 483 g/mol. The predicted molar refractivity (Wildman–Crippen MR) is 129 cm³/mol. The highest BCUT2D eigenvalue weighted by Gasteiger charge is 2.35. The van der Waals surface area contributed by atoms with E-state index in [9.17, 15) is 9.59 Å². The molecule has 3 aromatic rings. The number of methoxy groups -OCH3 is 1. The topological polar surface area (TPSA) is 63.0 Å². The Hall–Kier alpha value is -2.32. The molecule has 0 spiro atoms. The minimum atomic E-state index is -0.336. The molecule has 1 aliphatic heterocycles. The van der Waals surface area contributed by atoms with Crippen molar-refractivity contribution < 1.29 is 18.7 Å². The van der Waals surface area contributed by atoms with E-state index in [-0.39, 0.29) is 30.2 Å². The molecule has 9 heteroatoms. The summed E-state index contributed by atoms with van der Waals surface area (Å²) in [4.78, 5) is 31.2. The Morgan fingerprint density at radius 2 is 2.09 bits per heavy atom. The zero-order valence-electron chi connectivity index (χ0n) is 18.1. The summed E-state index contributed by atoms with van der Waals surface area (Å²) in [5.74, 6) is -0.268. The van der Waals surface area contributed by atoms with Gasteiger partial charge in [-0.2, -0.15) is 0 Å². The number of benzene rings is 1. The second-order valence-corrected chi connectivity index (χ2v) is 9.60. The highest BCUT2D eigenvalue weighted by atomic mass is 35.5. The average molecular weight is 507 g/mol. The monoisotopic (exact) mass is 506 g/mol. The Labute approximate surface area is 206 Å². The standard InChI is InChI=1S/C24H24Cl2N2O4S/c1-31-11-3-9-27(24(30)20-4-2-12-32-20)15-22(29)28-10-7-21-18(8-13-33-21)23(28)17-6-5-16(25)14-19(17)26/h2,4-6,8,12-14,23H,3,7,9-11,15H2,1H3. The maximum atomic E-state index is 13.6. The zero-order valence-corrected chi connectivity index (χ0v) is 20.5. The van der Waals surface area contributed by atoms with Crippen molar-refractivity contribution in [2.45, 2.75) is 18.9 Å². The lowest BCUT2D eigenvalue weighted by Crippen LogP contribution is -2.47. The van der Waals surface area contributed by atoms with Crippen LogP contribution in [-0.2, 0) is 16.0 Å². The molecule has 1 unspecified atom stereocenters. The van der Waals surface area contributed by atoms with E-state index in [1.54, 1.807) is 42.7 Å². The summed E-state index contributed by atoms with van der Waals surface area (Å²) in [6.07, 6.45) is 2.82. The van der Waals surface area contributed by atoms with Gasteiger partial charge in [0.2, 0.25) is 5.91 Å². The molecule has 4 rings (SSSR count). The van der Waals surface area contributed by atoms with Gasteiger partial charge in [-0.25, -0.2) is 0 Å². The molecule has 174 valence electrons. The minimum Gasteiger partial charge on any atom is -0.459 e. The molecule has 0 saturated heterocycles. The predicted octanol–water partition coefficient (Wildman–Crippen LogP) is 5.30. The number of hydrogen-bond donors (Lipinski definition) is 0. The molecule has 2 aromatic heterocycles. The molecule has 6 nitrogen and oxygen atoms in total. The molecule has 3 heterocycles. The third kappa shape index (κ3) is 5.27. The molecule has 0 aliphatic carbocycles. The van der Waals surface area contributed by atoms with Crippen molar-refractivity contribution in [1.82, 2.24) is 9.80 Å². The third-order valence-electron chi connectivity index (χ3n) is 5.67. The van der Waals surface area contributed by atoms with Gasteiger partial charge < -0.3 is 19.0 Å². The van der Waals surface area contributed by atoms with Crippen LogP contribution in [0.1, 0.15) is 39.0 Å². The van der Waals surface area contributed by atoms with Crippen LogP contribution < -0.4 is 0 Å². The smallest absolute Gasteiger partial charge is 0.290 e. The number of nitrogens with zero attached hydrogens (tertiary/aromatic N) is 2. The van der Waals surface area contributed by atoms with Gasteiger partial charge in [0.1, 0.15) is 6.54 Å². The molecule has 0 saturated carbocycles. The number of rotatable bonds is 8. The molecule has 0 bridgehead atoms. The number of carbonyl (C=O) groups is 2. The summed E-state index contributed by atoms with van der Waals surface area (Å²) < 4.78 is 10.4. The van der Waals surface area contributed by atoms with Crippen molar-refractivity contribution in [1.29, 1.82) is 0 Å². The first-order valence-corrected chi connectivity index (χ1v) is 12.3. The minimum absolute atomic E-state index is 0.0651. The zero-order chi connectivity index (χ0) is 23.4. The van der Waals surface area contributed by atoms with Gasteiger partial charge in [0, 0.05) is 41.7 Å². The summed E-state index contributed by atoms with van der Waals surface area (Å²) >= 11 is 14.4. The van der Waals surface area contributed by atoms with Crippen LogP contribution in [0.25, 0.3) is 0 Å². The van der Waals surface area contributed by atoms with E-state index in [2.05, 4.69) is 0 Å². The summed E-state index contributed by atoms with van der Waals surface area (Å²) in [7, 11) is 1.61. The number of fused-ring (bicyclic) bond motifs is 1. The highest BCUT2D eigenvalue weighted by Crippen LogP contribution is 2.41. The van der Waals surface area contributed by atoms with Gasteiger partial charge in [-0.1, -0.05) is 29.3 Å². The molecule has 0 N–H and O–H groups in total. The Kier molecular flexibility index (Phi) is 7.75. The molecule has 1 atom stereocenters. The quantitative estimate of drug-likeness (QED) is 0.388. The van der Waals surface area contributed by atoms with Crippen molar-refractivity contribution in [3.63, 3.8) is 0 Å². The fraction of sp³-hybridized carbons (Fsp3) is 0.333. The van der Waals surface area contributed by atoms with Crippen molar-refractivity contribution in [2.75, 3.05) is 33.4 Å². The Bertz CT molecular complexity index is 1120. The van der Waals surface area contributed by atoms with Gasteiger partial charge in [0.15, 0.2) is 5.76 Å². The molecule has 33 heavy (non-hydrogen) atoms. The maximum Gasteiger partial charge on any atom is 0.290 e. The number of furan rings is 1. The van der Waals surface area contributed by atoms with Crippen molar-refractivity contribution in [3.05, 3.63) is 79.9 Å². The van der Waals surface area contributed by atoms with E-state index in [1.807, 2.05) is 22.4 Å². The lowest BCUT2D eigenvalue weighted by Gasteiger charge is -2.38. The number of halogens is 2. The van der Waals surface area contributed by atoms with Gasteiger partial charge in [0.05, 0.1) is 12.3 Å². The van der Waals surface area contributed by atoms with Crippen LogP contribution in [0.2, 0.25) is 10.0 Å². The number of carbonyl (C=O) groups excluding carboxylic acids is 2. The molecule has 1 aromatic carbocycles. The van der Waals surface area contributed by atoms with Gasteiger partial charge in [0.25, 0.3) is 5.91 Å². The van der Waals surface area contributed by atoms with Gasteiger partial charge >= 0.3 is 0 Å². The highest BCUT2D eigenvalue weighted by molar-refractivity contribution is 7.10. The van der Waals surface area contributed by atoms with Crippen LogP contribution in [0.15, 0.2) is 52.5 Å². The fourth-order valence-electron chi connectivity index (χ4n) is 4.11. The van der Waals surface area contributed by atoms with Gasteiger partial charge in [-0.05, 0) is 59.7 Å². The Morgan fingerprint density at radius 3 is 2.82 bits per heavy atom. The largest absolute Gasteiger partial charge is 0.459 e. The van der Waals surface area contributed by atoms with Crippen LogP contribution in [-0.4, -0.2) is 55.0 Å². The lowest BCUT2D eigenvalue weighted by molar-refractivity contribution is -0.134. The molecule has 1 aliphatic rings. The Balaban J connectivity index is 1.62. The number of thiophene rings is 1. The molecule has 2 amide bonds. The van der Waals surface area contributed by atoms with E-state index in [4.69, 9.17) is 32.4 Å². The van der Waals surface area contributed by atoms with E-state index < -0.39 is 0 Å². The van der Waals surface area contributed by atoms with Crippen LogP contribution in [0.3, 0.4) is 0 Å². The SMILES string of the molecule is COCCCN(CC(=O)N1CCc2sccc2C1c1ccc(Cl)cc1Cl)C(=O)c1ccco1. The van der Waals surface area contributed by atoms with Crippen LogP contribution in [0.5, 0.6) is 0 Å². The van der Waals surface area contributed by atoms with E-state index >= 15 is 0 Å². The fourth-order valence-corrected chi connectivity index (χ4v) is 5.52. The van der Waals surface area contributed by atoms with E-state index in [1.165, 1.54) is 16.0 Å². The summed E-state index contributed by atoms with van der Waals surface area (Å²) in [6.45, 7) is 1.34. The number of amides is 2. The Morgan fingerprint density at radius 1 is 1.24 bits per heavy atom. The number of hydrogen-bond acceptors (Lipinski definition) is 5. The van der Waals surface area contributed by atoms with E-state index in [0.717, 1.165) is 17.5 Å². The second-order valence-electron chi connectivity index (χ2n) is 7.75.